The summed E-state index contributed by atoms with van der Waals surface area (Å²) >= 11 is 0. The van der Waals surface area contributed by atoms with Gasteiger partial charge in [-0.1, -0.05) is 6.92 Å². The highest BCUT2D eigenvalue weighted by molar-refractivity contribution is 5.02. The number of aliphatic hydroxyl groups excluding tert-OH is 1. The van der Waals surface area contributed by atoms with Crippen LogP contribution in [0.25, 0.3) is 0 Å². The van der Waals surface area contributed by atoms with Crippen LogP contribution in [-0.2, 0) is 0 Å². The molecular formula is C6H9N2O. The van der Waals surface area contributed by atoms with Crippen LogP contribution in [0.15, 0.2) is 6.07 Å². The second-order valence-corrected chi connectivity index (χ2v) is 2.04. The topological polar surface area (TPSA) is 48.9 Å². The fourth-order valence-corrected chi connectivity index (χ4v) is 0.582. The standard InChI is InChI=1S/C6H9N2O/c1-5(4-9)6-2-3-7-8-6/h2,5,9H,4H2,1H3,(H,7,8). The number of aliphatic hydroxyl groups is 1. The first-order valence-electron chi connectivity index (χ1n) is 2.87. The van der Waals surface area contributed by atoms with Gasteiger partial charge in [0.05, 0.1) is 6.61 Å². The lowest BCUT2D eigenvalue weighted by molar-refractivity contribution is 0.271. The van der Waals surface area contributed by atoms with E-state index in [9.17, 15) is 0 Å². The maximum Gasteiger partial charge on any atom is 0.113 e. The van der Waals surface area contributed by atoms with Crippen molar-refractivity contribution < 1.29 is 5.11 Å². The molecule has 0 saturated carbocycles. The Morgan fingerprint density at radius 1 is 2.00 bits per heavy atom. The Labute approximate surface area is 53.7 Å². The van der Waals surface area contributed by atoms with E-state index in [1.54, 1.807) is 6.07 Å². The molecule has 0 aromatic carbocycles. The summed E-state index contributed by atoms with van der Waals surface area (Å²) in [5.74, 6) is 0.142. The van der Waals surface area contributed by atoms with Crippen molar-refractivity contribution in [2.45, 2.75) is 12.8 Å². The summed E-state index contributed by atoms with van der Waals surface area (Å²) in [6.07, 6.45) is 2.63. The van der Waals surface area contributed by atoms with Crippen LogP contribution in [0.1, 0.15) is 18.5 Å². The van der Waals surface area contributed by atoms with Crippen molar-refractivity contribution in [3.05, 3.63) is 18.0 Å². The van der Waals surface area contributed by atoms with E-state index in [1.165, 1.54) is 0 Å². The summed E-state index contributed by atoms with van der Waals surface area (Å²) in [6.45, 7) is 2.07. The van der Waals surface area contributed by atoms with Gasteiger partial charge in [0.15, 0.2) is 0 Å². The smallest absolute Gasteiger partial charge is 0.113 e. The number of hydrogen-bond donors (Lipinski definition) is 2. The highest BCUT2D eigenvalue weighted by Gasteiger charge is 2.02. The van der Waals surface area contributed by atoms with E-state index in [2.05, 4.69) is 16.4 Å². The van der Waals surface area contributed by atoms with E-state index in [0.717, 1.165) is 5.69 Å². The third-order valence-corrected chi connectivity index (χ3v) is 1.27. The van der Waals surface area contributed by atoms with Crippen LogP contribution in [0.3, 0.4) is 0 Å². The van der Waals surface area contributed by atoms with Crippen molar-refractivity contribution in [1.82, 2.24) is 10.2 Å². The molecule has 9 heavy (non-hydrogen) atoms. The fourth-order valence-electron chi connectivity index (χ4n) is 0.582. The Bertz CT molecular complexity index is 160. The van der Waals surface area contributed by atoms with Gasteiger partial charge in [-0.15, -0.1) is 0 Å². The van der Waals surface area contributed by atoms with E-state index in [4.69, 9.17) is 5.11 Å². The zero-order valence-corrected chi connectivity index (χ0v) is 5.26. The molecule has 2 N–H and O–H groups in total. The first-order valence-corrected chi connectivity index (χ1v) is 2.87. The molecule has 0 aliphatic carbocycles. The predicted molar refractivity (Wildman–Crippen MR) is 32.9 cm³/mol. The third kappa shape index (κ3) is 1.29. The van der Waals surface area contributed by atoms with Crippen LogP contribution in [0.5, 0.6) is 0 Å². The van der Waals surface area contributed by atoms with Crippen molar-refractivity contribution in [3.63, 3.8) is 0 Å². The molecule has 1 rings (SSSR count). The molecule has 0 fully saturated rings. The summed E-state index contributed by atoms with van der Waals surface area (Å²) in [5.41, 5.74) is 0.928. The predicted octanol–water partition coefficient (Wildman–Crippen LogP) is 0.306. The minimum atomic E-state index is 0.142. The summed E-state index contributed by atoms with van der Waals surface area (Å²) < 4.78 is 0. The Morgan fingerprint density at radius 3 is 3.22 bits per heavy atom. The van der Waals surface area contributed by atoms with Gasteiger partial charge in [-0.3, -0.25) is 5.10 Å². The minimum Gasteiger partial charge on any atom is -0.396 e. The number of nitrogens with one attached hydrogen (secondary N) is 1. The van der Waals surface area contributed by atoms with Gasteiger partial charge in [-0.2, -0.15) is 5.10 Å². The van der Waals surface area contributed by atoms with Crippen molar-refractivity contribution in [2.24, 2.45) is 0 Å². The maximum atomic E-state index is 8.64. The number of aromatic amines is 1. The molecule has 1 heterocycles. The number of aromatic nitrogens is 2. The number of H-pyrrole nitrogens is 1. The van der Waals surface area contributed by atoms with Crippen LogP contribution >= 0.6 is 0 Å². The molecule has 3 heteroatoms. The molecular weight excluding hydrogens is 116 g/mol. The minimum absolute atomic E-state index is 0.142. The first kappa shape index (κ1) is 6.29. The van der Waals surface area contributed by atoms with E-state index < -0.39 is 0 Å². The fraction of sp³-hybridized carbons (Fsp3) is 0.500. The largest absolute Gasteiger partial charge is 0.396 e. The van der Waals surface area contributed by atoms with E-state index in [-0.39, 0.29) is 12.5 Å². The maximum absolute atomic E-state index is 8.64. The SMILES string of the molecule is CC(CO)c1c[c]n[nH]1. The monoisotopic (exact) mass is 125 g/mol. The average Bonchev–Trinajstić information content (AvgIpc) is 2.37. The van der Waals surface area contributed by atoms with Crippen molar-refractivity contribution >= 4 is 0 Å². The third-order valence-electron chi connectivity index (χ3n) is 1.27. The quantitative estimate of drug-likeness (QED) is 0.597. The van der Waals surface area contributed by atoms with Crippen molar-refractivity contribution in [1.29, 1.82) is 0 Å². The molecule has 0 bridgehead atoms. The molecule has 0 spiro atoms. The zero-order valence-electron chi connectivity index (χ0n) is 5.26. The van der Waals surface area contributed by atoms with Crippen LogP contribution in [-0.4, -0.2) is 21.9 Å². The number of nitrogens with zero attached hydrogens (tertiary/aromatic N) is 1. The van der Waals surface area contributed by atoms with Gasteiger partial charge in [0.1, 0.15) is 6.20 Å². The normalized spacial score (nSPS) is 13.6. The van der Waals surface area contributed by atoms with E-state index in [0.29, 0.717) is 0 Å². The van der Waals surface area contributed by atoms with Crippen LogP contribution in [0.2, 0.25) is 0 Å². The molecule has 1 unspecified atom stereocenters. The molecule has 49 valence electrons. The lowest BCUT2D eigenvalue weighted by atomic mass is 10.1. The Hall–Kier alpha value is -0.830. The molecule has 1 aromatic rings. The van der Waals surface area contributed by atoms with Crippen LogP contribution in [0, 0.1) is 6.20 Å². The molecule has 0 aliphatic rings. The van der Waals surface area contributed by atoms with Gasteiger partial charge in [0, 0.05) is 11.6 Å². The molecule has 1 atom stereocenters. The Morgan fingerprint density at radius 2 is 2.78 bits per heavy atom. The lowest BCUT2D eigenvalue weighted by Gasteiger charge is -2.01. The van der Waals surface area contributed by atoms with Gasteiger partial charge in [0.2, 0.25) is 0 Å². The highest BCUT2D eigenvalue weighted by Crippen LogP contribution is 2.08. The average molecular weight is 125 g/mol. The second-order valence-electron chi connectivity index (χ2n) is 2.04. The number of hydrogen-bond acceptors (Lipinski definition) is 2. The molecule has 3 nitrogen and oxygen atoms in total. The lowest BCUT2D eigenvalue weighted by Crippen LogP contribution is -1.98. The van der Waals surface area contributed by atoms with Crippen molar-refractivity contribution in [3.8, 4) is 0 Å². The zero-order chi connectivity index (χ0) is 6.69. The highest BCUT2D eigenvalue weighted by atomic mass is 16.3. The van der Waals surface area contributed by atoms with E-state index >= 15 is 0 Å². The second kappa shape index (κ2) is 2.64. The van der Waals surface area contributed by atoms with Gasteiger partial charge < -0.3 is 5.11 Å². The molecule has 1 aromatic heterocycles. The van der Waals surface area contributed by atoms with Crippen molar-refractivity contribution in [2.75, 3.05) is 6.61 Å². The van der Waals surface area contributed by atoms with Gasteiger partial charge >= 0.3 is 0 Å². The van der Waals surface area contributed by atoms with Crippen LogP contribution in [0.4, 0.5) is 0 Å². The van der Waals surface area contributed by atoms with Gasteiger partial charge in [0.25, 0.3) is 0 Å². The summed E-state index contributed by atoms with van der Waals surface area (Å²) in [5, 5.41) is 15.0. The van der Waals surface area contributed by atoms with Gasteiger partial charge in [-0.05, 0) is 6.07 Å². The first-order chi connectivity index (χ1) is 4.34. The van der Waals surface area contributed by atoms with Gasteiger partial charge in [-0.25, -0.2) is 0 Å². The number of rotatable bonds is 2. The summed E-state index contributed by atoms with van der Waals surface area (Å²) in [6, 6.07) is 1.74. The summed E-state index contributed by atoms with van der Waals surface area (Å²) in [7, 11) is 0. The molecule has 0 amide bonds. The molecule has 0 saturated heterocycles. The van der Waals surface area contributed by atoms with Crippen LogP contribution < -0.4 is 0 Å². The Balaban J connectivity index is 2.65. The summed E-state index contributed by atoms with van der Waals surface area (Å²) in [4.78, 5) is 0. The van der Waals surface area contributed by atoms with E-state index in [1.807, 2.05) is 6.92 Å². The Kier molecular flexibility index (Phi) is 1.85. The molecule has 0 aliphatic heterocycles. The molecule has 1 radical (unpaired) electrons.